The van der Waals surface area contributed by atoms with E-state index in [9.17, 15) is 24.6 Å². The third kappa shape index (κ3) is 3.59. The number of anilines is 1. The van der Waals surface area contributed by atoms with Crippen LogP contribution in [0.5, 0.6) is 0 Å². The summed E-state index contributed by atoms with van der Waals surface area (Å²) in [6, 6.07) is 14.9. The minimum atomic E-state index is -4.48. The van der Waals surface area contributed by atoms with Gasteiger partial charge in [0.05, 0.1) is 0 Å². The standard InChI is InChI=1S/C23H19F2N3O6/c24-23(25)20(28-12-11-15(26)27-21(28)32)34-19(17(30)16(29)13-7-3-1-4-8-13)22(23,33)18(31)14-9-5-2-6-10-14/h1-12,17,19-20,30,33H,(H2,26,27,32)/t17?,19-,20-,22-/m1/s1. The molecular weight excluding hydrogens is 452 g/mol. The highest BCUT2D eigenvalue weighted by Crippen LogP contribution is 2.51. The lowest BCUT2D eigenvalue weighted by molar-refractivity contribution is -0.166. The van der Waals surface area contributed by atoms with E-state index in [0.717, 1.165) is 12.3 Å². The number of ether oxygens (including phenoxy) is 1. The van der Waals surface area contributed by atoms with Crippen molar-refractivity contribution in [2.75, 3.05) is 5.73 Å². The normalized spacial score (nSPS) is 24.5. The summed E-state index contributed by atoms with van der Waals surface area (Å²) in [5, 5.41) is 22.0. The molecule has 0 radical (unpaired) electrons. The molecule has 2 heterocycles. The number of Topliss-reactive ketones (excluding diaryl/α,β-unsaturated/α-hetero) is 2. The second kappa shape index (κ2) is 8.52. The van der Waals surface area contributed by atoms with Gasteiger partial charge in [0.15, 0.2) is 5.78 Å². The van der Waals surface area contributed by atoms with E-state index in [1.165, 1.54) is 54.6 Å². The molecular formula is C23H19F2N3O6. The molecule has 1 aliphatic rings. The maximum Gasteiger partial charge on any atom is 0.351 e. The fraction of sp³-hybridized carbons (Fsp3) is 0.217. The molecule has 1 saturated heterocycles. The van der Waals surface area contributed by atoms with Crippen molar-refractivity contribution in [3.8, 4) is 0 Å². The highest BCUT2D eigenvalue weighted by atomic mass is 19.3. The van der Waals surface area contributed by atoms with Gasteiger partial charge in [-0.05, 0) is 6.07 Å². The molecule has 1 aliphatic heterocycles. The minimum Gasteiger partial charge on any atom is -0.383 e. The molecule has 0 bridgehead atoms. The smallest absolute Gasteiger partial charge is 0.351 e. The van der Waals surface area contributed by atoms with Crippen LogP contribution in [0.1, 0.15) is 26.9 Å². The lowest BCUT2D eigenvalue weighted by Crippen LogP contribution is -2.62. The number of nitrogens with two attached hydrogens (primary N) is 1. The van der Waals surface area contributed by atoms with Crippen LogP contribution in [0.3, 0.4) is 0 Å². The van der Waals surface area contributed by atoms with Crippen LogP contribution in [0.25, 0.3) is 0 Å². The summed E-state index contributed by atoms with van der Waals surface area (Å²) < 4.78 is 37.2. The number of aliphatic hydroxyl groups is 2. The second-order valence-electron chi connectivity index (χ2n) is 7.71. The van der Waals surface area contributed by atoms with Crippen LogP contribution in [-0.4, -0.2) is 55.1 Å². The Hall–Kier alpha value is -3.80. The minimum absolute atomic E-state index is 0.0637. The van der Waals surface area contributed by atoms with Crippen LogP contribution in [0.15, 0.2) is 77.7 Å². The molecule has 0 saturated carbocycles. The van der Waals surface area contributed by atoms with Gasteiger partial charge < -0.3 is 20.7 Å². The number of nitrogen functional groups attached to an aromatic ring is 1. The summed E-state index contributed by atoms with van der Waals surface area (Å²) in [7, 11) is 0. The Balaban J connectivity index is 1.85. The van der Waals surface area contributed by atoms with Gasteiger partial charge in [-0.3, -0.25) is 14.2 Å². The highest BCUT2D eigenvalue weighted by molar-refractivity contribution is 6.06. The average molecular weight is 471 g/mol. The zero-order valence-electron chi connectivity index (χ0n) is 17.4. The SMILES string of the molecule is Nc1ccn([C@@H]2O[C@H](C(O)C(=O)c3ccccc3)[C@](O)(C(=O)c3ccccc3)C2(F)F)c(=O)n1. The van der Waals surface area contributed by atoms with Gasteiger partial charge in [-0.15, -0.1) is 0 Å². The molecule has 34 heavy (non-hydrogen) atoms. The molecule has 0 amide bonds. The average Bonchev–Trinajstić information content (AvgIpc) is 3.05. The van der Waals surface area contributed by atoms with Gasteiger partial charge in [0.2, 0.25) is 17.6 Å². The number of ketones is 2. The Kier molecular flexibility index (Phi) is 5.86. The molecule has 1 aromatic heterocycles. The highest BCUT2D eigenvalue weighted by Gasteiger charge is 2.75. The number of benzene rings is 2. The van der Waals surface area contributed by atoms with E-state index in [1.54, 1.807) is 6.07 Å². The third-order valence-electron chi connectivity index (χ3n) is 5.61. The van der Waals surface area contributed by atoms with Crippen LogP contribution >= 0.6 is 0 Å². The summed E-state index contributed by atoms with van der Waals surface area (Å²) in [5.41, 5.74) is 0.0628. The Labute approximate surface area is 191 Å². The Bertz CT molecular complexity index is 1280. The molecule has 11 heteroatoms. The zero-order chi connectivity index (χ0) is 24.7. The molecule has 4 N–H and O–H groups in total. The molecule has 1 unspecified atom stereocenters. The number of halogens is 2. The predicted molar refractivity (Wildman–Crippen MR) is 114 cm³/mol. The fourth-order valence-electron chi connectivity index (χ4n) is 3.85. The maximum absolute atomic E-state index is 15.8. The number of hydrogen-bond donors (Lipinski definition) is 3. The number of rotatable bonds is 6. The molecule has 4 rings (SSSR count). The van der Waals surface area contributed by atoms with Crippen LogP contribution in [0.4, 0.5) is 14.6 Å². The van der Waals surface area contributed by atoms with Gasteiger partial charge in [0.25, 0.3) is 0 Å². The fourth-order valence-corrected chi connectivity index (χ4v) is 3.85. The van der Waals surface area contributed by atoms with Gasteiger partial charge >= 0.3 is 11.6 Å². The molecule has 1 fully saturated rings. The number of nitrogens with zero attached hydrogens (tertiary/aromatic N) is 2. The van der Waals surface area contributed by atoms with E-state index in [1.807, 2.05) is 0 Å². The monoisotopic (exact) mass is 471 g/mol. The van der Waals surface area contributed by atoms with Gasteiger partial charge in [-0.1, -0.05) is 60.7 Å². The molecule has 3 aromatic rings. The number of carbonyl (C=O) groups is 2. The van der Waals surface area contributed by atoms with Crippen LogP contribution < -0.4 is 11.4 Å². The van der Waals surface area contributed by atoms with E-state index < -0.39 is 47.2 Å². The van der Waals surface area contributed by atoms with Crippen molar-refractivity contribution < 1.29 is 33.3 Å². The number of alkyl halides is 2. The first-order valence-corrected chi connectivity index (χ1v) is 10.1. The lowest BCUT2D eigenvalue weighted by Gasteiger charge is -2.33. The number of aromatic nitrogens is 2. The quantitative estimate of drug-likeness (QED) is 0.455. The number of hydrogen-bond acceptors (Lipinski definition) is 8. The third-order valence-corrected chi connectivity index (χ3v) is 5.61. The van der Waals surface area contributed by atoms with Crippen molar-refractivity contribution in [2.45, 2.75) is 30.0 Å². The van der Waals surface area contributed by atoms with Crippen molar-refractivity contribution in [1.29, 1.82) is 0 Å². The topological polar surface area (TPSA) is 145 Å². The van der Waals surface area contributed by atoms with Crippen molar-refractivity contribution >= 4 is 17.4 Å². The Morgan fingerprint density at radius 1 is 1.03 bits per heavy atom. The molecule has 0 spiro atoms. The van der Waals surface area contributed by atoms with Crippen molar-refractivity contribution in [1.82, 2.24) is 9.55 Å². The van der Waals surface area contributed by atoms with Gasteiger partial charge in [-0.25, -0.2) is 4.79 Å². The van der Waals surface area contributed by atoms with Crippen LogP contribution in [-0.2, 0) is 4.74 Å². The van der Waals surface area contributed by atoms with Crippen molar-refractivity contribution in [3.63, 3.8) is 0 Å². The maximum atomic E-state index is 15.8. The first-order chi connectivity index (χ1) is 16.1. The zero-order valence-corrected chi connectivity index (χ0v) is 17.4. The van der Waals surface area contributed by atoms with E-state index in [4.69, 9.17) is 10.5 Å². The van der Waals surface area contributed by atoms with Crippen LogP contribution in [0, 0.1) is 0 Å². The van der Waals surface area contributed by atoms with Gasteiger partial charge in [0.1, 0.15) is 18.0 Å². The predicted octanol–water partition coefficient (Wildman–Crippen LogP) is 1.22. The Morgan fingerprint density at radius 2 is 1.59 bits per heavy atom. The van der Waals surface area contributed by atoms with Gasteiger partial charge in [-0.2, -0.15) is 13.8 Å². The Morgan fingerprint density at radius 3 is 2.15 bits per heavy atom. The van der Waals surface area contributed by atoms with Gasteiger partial charge in [0, 0.05) is 17.3 Å². The first-order valence-electron chi connectivity index (χ1n) is 10.1. The summed E-state index contributed by atoms with van der Waals surface area (Å²) >= 11 is 0. The second-order valence-corrected chi connectivity index (χ2v) is 7.71. The molecule has 9 nitrogen and oxygen atoms in total. The molecule has 0 aliphatic carbocycles. The van der Waals surface area contributed by atoms with Crippen LogP contribution in [0.2, 0.25) is 0 Å². The largest absolute Gasteiger partial charge is 0.383 e. The molecule has 4 atom stereocenters. The number of carbonyl (C=O) groups excluding carboxylic acids is 2. The van der Waals surface area contributed by atoms with E-state index in [0.29, 0.717) is 4.57 Å². The lowest BCUT2D eigenvalue weighted by atomic mass is 9.80. The summed E-state index contributed by atoms with van der Waals surface area (Å²) in [6.07, 6.45) is -6.54. The first kappa shape index (κ1) is 23.4. The summed E-state index contributed by atoms with van der Waals surface area (Å²) in [6.45, 7) is 0. The van der Waals surface area contributed by atoms with Crippen molar-refractivity contribution in [3.05, 3.63) is 94.5 Å². The van der Waals surface area contributed by atoms with E-state index in [2.05, 4.69) is 4.98 Å². The van der Waals surface area contributed by atoms with E-state index in [-0.39, 0.29) is 16.9 Å². The molecule has 2 aromatic carbocycles. The van der Waals surface area contributed by atoms with Crippen molar-refractivity contribution in [2.24, 2.45) is 0 Å². The number of aliphatic hydroxyl groups excluding tert-OH is 1. The molecule has 176 valence electrons. The summed E-state index contributed by atoms with van der Waals surface area (Å²) in [4.78, 5) is 41.7. The summed E-state index contributed by atoms with van der Waals surface area (Å²) in [5.74, 6) is -7.30. The van der Waals surface area contributed by atoms with E-state index >= 15 is 8.78 Å².